The summed E-state index contributed by atoms with van der Waals surface area (Å²) in [5, 5.41) is 2.91. The molecule has 2 aromatic carbocycles. The SMILES string of the molecule is CN(C)c1ccccc1C(=O)Nc1cccc(CN)c1. The molecule has 0 aliphatic heterocycles. The van der Waals surface area contributed by atoms with Gasteiger partial charge in [-0.3, -0.25) is 4.79 Å². The maximum absolute atomic E-state index is 12.4. The topological polar surface area (TPSA) is 58.4 Å². The summed E-state index contributed by atoms with van der Waals surface area (Å²) in [6.07, 6.45) is 0. The fourth-order valence-electron chi connectivity index (χ4n) is 2.03. The number of anilines is 2. The number of para-hydroxylation sites is 1. The van der Waals surface area contributed by atoms with Crippen molar-refractivity contribution >= 4 is 17.3 Å². The van der Waals surface area contributed by atoms with Gasteiger partial charge in [0.15, 0.2) is 0 Å². The second-order valence-electron chi connectivity index (χ2n) is 4.77. The maximum atomic E-state index is 12.4. The molecular weight excluding hydrogens is 250 g/mol. The zero-order valence-electron chi connectivity index (χ0n) is 11.8. The van der Waals surface area contributed by atoms with Crippen LogP contribution in [0.25, 0.3) is 0 Å². The fourth-order valence-corrected chi connectivity index (χ4v) is 2.03. The number of amides is 1. The number of carbonyl (C=O) groups excluding carboxylic acids is 1. The standard InChI is InChI=1S/C16H19N3O/c1-19(2)15-9-4-3-8-14(15)16(20)18-13-7-5-6-12(10-13)11-17/h3-10H,11,17H2,1-2H3,(H,18,20). The van der Waals surface area contributed by atoms with E-state index in [1.54, 1.807) is 0 Å². The summed E-state index contributed by atoms with van der Waals surface area (Å²) in [6, 6.07) is 15.1. The minimum atomic E-state index is -0.122. The van der Waals surface area contributed by atoms with Gasteiger partial charge in [-0.25, -0.2) is 0 Å². The maximum Gasteiger partial charge on any atom is 0.257 e. The highest BCUT2D eigenvalue weighted by Crippen LogP contribution is 2.20. The van der Waals surface area contributed by atoms with Gasteiger partial charge in [-0.2, -0.15) is 0 Å². The number of nitrogens with one attached hydrogen (secondary N) is 1. The molecule has 0 spiro atoms. The first-order chi connectivity index (χ1) is 9.61. The monoisotopic (exact) mass is 269 g/mol. The van der Waals surface area contributed by atoms with E-state index in [2.05, 4.69) is 5.32 Å². The Kier molecular flexibility index (Phi) is 4.38. The minimum Gasteiger partial charge on any atom is -0.377 e. The number of nitrogens with two attached hydrogens (primary N) is 1. The highest BCUT2D eigenvalue weighted by atomic mass is 16.1. The van der Waals surface area contributed by atoms with Crippen LogP contribution in [0, 0.1) is 0 Å². The molecule has 0 aromatic heterocycles. The van der Waals surface area contributed by atoms with Gasteiger partial charge in [-0.15, -0.1) is 0 Å². The quantitative estimate of drug-likeness (QED) is 0.896. The molecule has 104 valence electrons. The van der Waals surface area contributed by atoms with Crippen molar-refractivity contribution in [2.75, 3.05) is 24.3 Å². The summed E-state index contributed by atoms with van der Waals surface area (Å²) in [6.45, 7) is 0.456. The Bertz CT molecular complexity index is 608. The average Bonchev–Trinajstić information content (AvgIpc) is 2.47. The Balaban J connectivity index is 2.24. The van der Waals surface area contributed by atoms with Crippen molar-refractivity contribution in [2.24, 2.45) is 5.73 Å². The van der Waals surface area contributed by atoms with E-state index in [0.29, 0.717) is 12.1 Å². The van der Waals surface area contributed by atoms with Crippen molar-refractivity contribution < 1.29 is 4.79 Å². The molecule has 0 heterocycles. The first-order valence-electron chi connectivity index (χ1n) is 6.48. The Hall–Kier alpha value is -2.33. The second kappa shape index (κ2) is 6.21. The van der Waals surface area contributed by atoms with Crippen LogP contribution in [-0.2, 0) is 6.54 Å². The Morgan fingerprint density at radius 1 is 1.15 bits per heavy atom. The van der Waals surface area contributed by atoms with E-state index in [4.69, 9.17) is 5.73 Å². The fraction of sp³-hybridized carbons (Fsp3) is 0.188. The van der Waals surface area contributed by atoms with Gasteiger partial charge in [0.25, 0.3) is 5.91 Å². The van der Waals surface area contributed by atoms with E-state index in [1.165, 1.54) is 0 Å². The van der Waals surface area contributed by atoms with Crippen molar-refractivity contribution in [3.63, 3.8) is 0 Å². The molecule has 0 saturated heterocycles. The molecule has 4 nitrogen and oxygen atoms in total. The molecule has 0 atom stereocenters. The molecule has 2 aromatic rings. The predicted molar refractivity (Wildman–Crippen MR) is 83.1 cm³/mol. The highest BCUT2D eigenvalue weighted by Gasteiger charge is 2.12. The summed E-state index contributed by atoms with van der Waals surface area (Å²) in [5.74, 6) is -0.122. The molecule has 20 heavy (non-hydrogen) atoms. The summed E-state index contributed by atoms with van der Waals surface area (Å²) < 4.78 is 0. The van der Waals surface area contributed by atoms with Gasteiger partial charge >= 0.3 is 0 Å². The van der Waals surface area contributed by atoms with E-state index in [1.807, 2.05) is 67.5 Å². The van der Waals surface area contributed by atoms with Crippen LogP contribution in [0.3, 0.4) is 0 Å². The number of rotatable bonds is 4. The second-order valence-corrected chi connectivity index (χ2v) is 4.77. The molecular formula is C16H19N3O. The smallest absolute Gasteiger partial charge is 0.257 e. The first-order valence-corrected chi connectivity index (χ1v) is 6.48. The van der Waals surface area contributed by atoms with E-state index in [9.17, 15) is 4.79 Å². The molecule has 3 N–H and O–H groups in total. The number of nitrogens with zero attached hydrogens (tertiary/aromatic N) is 1. The van der Waals surface area contributed by atoms with E-state index in [-0.39, 0.29) is 5.91 Å². The van der Waals surface area contributed by atoms with Crippen molar-refractivity contribution in [3.8, 4) is 0 Å². The lowest BCUT2D eigenvalue weighted by Crippen LogP contribution is -2.18. The molecule has 0 fully saturated rings. The third-order valence-electron chi connectivity index (χ3n) is 3.05. The van der Waals surface area contributed by atoms with Gasteiger partial charge < -0.3 is 16.0 Å². The van der Waals surface area contributed by atoms with Gasteiger partial charge in [-0.05, 0) is 29.8 Å². The number of benzene rings is 2. The minimum absolute atomic E-state index is 0.122. The zero-order chi connectivity index (χ0) is 14.5. The molecule has 0 unspecified atom stereocenters. The zero-order valence-corrected chi connectivity index (χ0v) is 11.8. The normalized spacial score (nSPS) is 10.2. The van der Waals surface area contributed by atoms with Crippen LogP contribution < -0.4 is 16.0 Å². The average molecular weight is 269 g/mol. The molecule has 0 aliphatic rings. The first kappa shape index (κ1) is 14.1. The molecule has 4 heteroatoms. The van der Waals surface area contributed by atoms with Crippen molar-refractivity contribution in [1.29, 1.82) is 0 Å². The summed E-state index contributed by atoms with van der Waals surface area (Å²) in [4.78, 5) is 14.3. The van der Waals surface area contributed by atoms with Crippen LogP contribution in [0.4, 0.5) is 11.4 Å². The van der Waals surface area contributed by atoms with Crippen molar-refractivity contribution in [1.82, 2.24) is 0 Å². The van der Waals surface area contributed by atoms with Crippen LogP contribution in [0.1, 0.15) is 15.9 Å². The number of hydrogen-bond acceptors (Lipinski definition) is 3. The third-order valence-corrected chi connectivity index (χ3v) is 3.05. The van der Waals surface area contributed by atoms with Crippen LogP contribution in [-0.4, -0.2) is 20.0 Å². The molecule has 0 saturated carbocycles. The summed E-state index contributed by atoms with van der Waals surface area (Å²) >= 11 is 0. The van der Waals surface area contributed by atoms with E-state index in [0.717, 1.165) is 16.9 Å². The van der Waals surface area contributed by atoms with E-state index < -0.39 is 0 Å². The molecule has 2 rings (SSSR count). The van der Waals surface area contributed by atoms with Crippen LogP contribution in [0.5, 0.6) is 0 Å². The van der Waals surface area contributed by atoms with Gasteiger partial charge in [0.05, 0.1) is 5.56 Å². The lowest BCUT2D eigenvalue weighted by Gasteiger charge is -2.17. The summed E-state index contributed by atoms with van der Waals surface area (Å²) in [7, 11) is 3.84. The van der Waals surface area contributed by atoms with E-state index >= 15 is 0 Å². The van der Waals surface area contributed by atoms with Crippen molar-refractivity contribution in [2.45, 2.75) is 6.54 Å². The number of carbonyl (C=O) groups is 1. The van der Waals surface area contributed by atoms with Gasteiger partial charge in [-0.1, -0.05) is 24.3 Å². The van der Waals surface area contributed by atoms with Crippen LogP contribution >= 0.6 is 0 Å². The highest BCUT2D eigenvalue weighted by molar-refractivity contribution is 6.08. The Morgan fingerprint density at radius 3 is 2.60 bits per heavy atom. The molecule has 0 aliphatic carbocycles. The largest absolute Gasteiger partial charge is 0.377 e. The molecule has 1 amide bonds. The summed E-state index contributed by atoms with van der Waals surface area (Å²) in [5.41, 5.74) is 8.89. The predicted octanol–water partition coefficient (Wildman–Crippen LogP) is 2.46. The lowest BCUT2D eigenvalue weighted by molar-refractivity contribution is 0.102. The molecule has 0 radical (unpaired) electrons. The van der Waals surface area contributed by atoms with Crippen LogP contribution in [0.15, 0.2) is 48.5 Å². The lowest BCUT2D eigenvalue weighted by atomic mass is 10.1. The van der Waals surface area contributed by atoms with Crippen LogP contribution in [0.2, 0.25) is 0 Å². The van der Waals surface area contributed by atoms with Crippen molar-refractivity contribution in [3.05, 3.63) is 59.7 Å². The van der Waals surface area contributed by atoms with Gasteiger partial charge in [0.1, 0.15) is 0 Å². The Labute approximate surface area is 119 Å². The molecule has 0 bridgehead atoms. The third kappa shape index (κ3) is 3.16. The number of hydrogen-bond donors (Lipinski definition) is 2. The van der Waals surface area contributed by atoms with Gasteiger partial charge in [0.2, 0.25) is 0 Å². The van der Waals surface area contributed by atoms with Gasteiger partial charge in [0, 0.05) is 32.0 Å². The Morgan fingerprint density at radius 2 is 1.90 bits per heavy atom.